The molecule has 0 heterocycles. The molecule has 1 aliphatic rings. The molecule has 1 fully saturated rings. The lowest BCUT2D eigenvalue weighted by Gasteiger charge is -2.18. The topological polar surface area (TPSA) is 67.4 Å². The molecule has 3 rings (SSSR count). The molecular weight excluding hydrogens is 352 g/mol. The van der Waals surface area contributed by atoms with E-state index in [0.29, 0.717) is 31.0 Å². The van der Waals surface area contributed by atoms with Crippen molar-refractivity contribution in [1.29, 1.82) is 0 Å². The fourth-order valence-corrected chi connectivity index (χ4v) is 3.53. The van der Waals surface area contributed by atoms with Crippen molar-refractivity contribution in [3.63, 3.8) is 0 Å². The second-order valence-corrected chi connectivity index (χ2v) is 7.35. The summed E-state index contributed by atoms with van der Waals surface area (Å²) in [5.41, 5.74) is 2.92. The van der Waals surface area contributed by atoms with Crippen LogP contribution < -0.4 is 15.4 Å². The molecule has 1 unspecified atom stereocenters. The summed E-state index contributed by atoms with van der Waals surface area (Å²) < 4.78 is 5.34. The van der Waals surface area contributed by atoms with Gasteiger partial charge in [-0.1, -0.05) is 30.3 Å². The summed E-state index contributed by atoms with van der Waals surface area (Å²) in [6.07, 6.45) is 2.83. The monoisotopic (exact) mass is 380 g/mol. The normalized spacial score (nSPS) is 14.2. The first kappa shape index (κ1) is 19.9. The quantitative estimate of drug-likeness (QED) is 0.655. The van der Waals surface area contributed by atoms with Crippen LogP contribution in [0.15, 0.2) is 48.5 Å². The van der Waals surface area contributed by atoms with Gasteiger partial charge < -0.3 is 15.4 Å². The Kier molecular flexibility index (Phi) is 6.69. The molecule has 28 heavy (non-hydrogen) atoms. The van der Waals surface area contributed by atoms with Gasteiger partial charge in [0, 0.05) is 25.1 Å². The van der Waals surface area contributed by atoms with Gasteiger partial charge in [0.1, 0.15) is 5.75 Å². The number of nitrogens with one attached hydrogen (secondary N) is 2. The summed E-state index contributed by atoms with van der Waals surface area (Å²) in [7, 11) is 1.67. The van der Waals surface area contributed by atoms with Gasteiger partial charge in [0.15, 0.2) is 0 Å². The fourth-order valence-electron chi connectivity index (χ4n) is 3.53. The maximum atomic E-state index is 12.4. The Labute approximate surface area is 166 Å². The van der Waals surface area contributed by atoms with E-state index in [0.717, 1.165) is 11.3 Å². The highest BCUT2D eigenvalue weighted by Crippen LogP contribution is 2.45. The lowest BCUT2D eigenvalue weighted by atomic mass is 9.89. The number of benzene rings is 2. The molecule has 1 saturated carbocycles. The molecule has 148 valence electrons. The summed E-state index contributed by atoms with van der Waals surface area (Å²) in [6, 6.07) is 15.3. The van der Waals surface area contributed by atoms with Gasteiger partial charge in [-0.05, 0) is 60.9 Å². The summed E-state index contributed by atoms with van der Waals surface area (Å²) >= 11 is 0. The van der Waals surface area contributed by atoms with Gasteiger partial charge in [-0.3, -0.25) is 9.59 Å². The number of ether oxygens (including phenoxy) is 1. The zero-order valence-electron chi connectivity index (χ0n) is 16.5. The van der Waals surface area contributed by atoms with Gasteiger partial charge in [0.05, 0.1) is 7.11 Å². The Morgan fingerprint density at radius 1 is 1.07 bits per heavy atom. The molecule has 0 bridgehead atoms. The van der Waals surface area contributed by atoms with Crippen LogP contribution in [0.1, 0.15) is 46.7 Å². The van der Waals surface area contributed by atoms with E-state index in [2.05, 4.69) is 22.8 Å². The van der Waals surface area contributed by atoms with Gasteiger partial charge in [-0.15, -0.1) is 0 Å². The van der Waals surface area contributed by atoms with Crippen LogP contribution in [-0.2, 0) is 4.79 Å². The van der Waals surface area contributed by atoms with Crippen molar-refractivity contribution < 1.29 is 14.3 Å². The smallest absolute Gasteiger partial charge is 0.251 e. The van der Waals surface area contributed by atoms with E-state index < -0.39 is 0 Å². The Balaban J connectivity index is 1.47. The summed E-state index contributed by atoms with van der Waals surface area (Å²) in [5.74, 6) is 1.59. The number of methoxy groups -OCH3 is 1. The number of amides is 2. The van der Waals surface area contributed by atoms with Gasteiger partial charge in [-0.2, -0.15) is 0 Å². The third kappa shape index (κ3) is 5.35. The van der Waals surface area contributed by atoms with Crippen molar-refractivity contribution in [1.82, 2.24) is 10.6 Å². The van der Waals surface area contributed by atoms with E-state index >= 15 is 0 Å². The first-order valence-corrected chi connectivity index (χ1v) is 9.83. The number of carbonyl (C=O) groups excluding carboxylic acids is 2. The summed E-state index contributed by atoms with van der Waals surface area (Å²) in [5, 5.41) is 5.76. The average molecular weight is 380 g/mol. The Morgan fingerprint density at radius 3 is 2.43 bits per heavy atom. The molecule has 1 atom stereocenters. The molecule has 5 heteroatoms. The molecule has 0 saturated heterocycles. The van der Waals surface area contributed by atoms with Crippen molar-refractivity contribution >= 4 is 11.8 Å². The second-order valence-electron chi connectivity index (χ2n) is 7.35. The number of carbonyl (C=O) groups is 2. The average Bonchev–Trinajstić information content (AvgIpc) is 3.55. The molecule has 0 aliphatic heterocycles. The molecule has 2 amide bonds. The lowest BCUT2D eigenvalue weighted by Crippen LogP contribution is -2.35. The van der Waals surface area contributed by atoms with E-state index in [4.69, 9.17) is 4.74 Å². The molecule has 0 aromatic heterocycles. The van der Waals surface area contributed by atoms with Crippen LogP contribution in [0.5, 0.6) is 5.75 Å². The van der Waals surface area contributed by atoms with Gasteiger partial charge >= 0.3 is 0 Å². The zero-order valence-corrected chi connectivity index (χ0v) is 16.5. The maximum Gasteiger partial charge on any atom is 0.251 e. The van der Waals surface area contributed by atoms with Crippen molar-refractivity contribution in [2.45, 2.75) is 32.1 Å². The standard InChI is InChI=1S/C23H28N2O3/c1-16-14-19(10-11-21(16)28-2)20(17-8-9-17)15-22(26)24-12-13-25-23(27)18-6-4-3-5-7-18/h3-7,10-11,14,17,20H,8-9,12-13,15H2,1-2H3,(H,24,26)(H,25,27). The minimum atomic E-state index is -0.126. The van der Waals surface area contributed by atoms with Crippen molar-refractivity contribution in [2.24, 2.45) is 5.92 Å². The summed E-state index contributed by atoms with van der Waals surface area (Å²) in [4.78, 5) is 24.4. The SMILES string of the molecule is COc1ccc(C(CC(=O)NCCNC(=O)c2ccccc2)C2CC2)cc1C. The Bertz CT molecular complexity index is 816. The molecule has 5 nitrogen and oxygen atoms in total. The first-order valence-electron chi connectivity index (χ1n) is 9.83. The number of hydrogen-bond acceptors (Lipinski definition) is 3. The van der Waals surface area contributed by atoms with Crippen molar-refractivity contribution in [2.75, 3.05) is 20.2 Å². The van der Waals surface area contributed by atoms with Crippen LogP contribution in [0, 0.1) is 12.8 Å². The van der Waals surface area contributed by atoms with E-state index in [-0.39, 0.29) is 17.7 Å². The highest BCUT2D eigenvalue weighted by Gasteiger charge is 2.33. The molecular formula is C23H28N2O3. The van der Waals surface area contributed by atoms with E-state index in [9.17, 15) is 9.59 Å². The predicted octanol–water partition coefficient (Wildman–Crippen LogP) is 3.43. The highest BCUT2D eigenvalue weighted by molar-refractivity contribution is 5.94. The van der Waals surface area contributed by atoms with Gasteiger partial charge in [0.25, 0.3) is 5.91 Å². The lowest BCUT2D eigenvalue weighted by molar-refractivity contribution is -0.121. The third-order valence-electron chi connectivity index (χ3n) is 5.21. The minimum absolute atomic E-state index is 0.0272. The third-order valence-corrected chi connectivity index (χ3v) is 5.21. The van der Waals surface area contributed by atoms with E-state index in [1.807, 2.05) is 31.2 Å². The van der Waals surface area contributed by atoms with Crippen LogP contribution in [-0.4, -0.2) is 32.0 Å². The van der Waals surface area contributed by atoms with Crippen LogP contribution >= 0.6 is 0 Å². The van der Waals surface area contributed by atoms with Crippen molar-refractivity contribution in [3.8, 4) is 5.75 Å². The van der Waals surface area contributed by atoms with Crippen LogP contribution in [0.3, 0.4) is 0 Å². The van der Waals surface area contributed by atoms with Crippen LogP contribution in [0.4, 0.5) is 0 Å². The Hall–Kier alpha value is -2.82. The Morgan fingerprint density at radius 2 is 1.79 bits per heavy atom. The molecule has 0 radical (unpaired) electrons. The van der Waals surface area contributed by atoms with E-state index in [1.165, 1.54) is 18.4 Å². The summed E-state index contributed by atoms with van der Waals surface area (Å²) in [6.45, 7) is 2.87. The van der Waals surface area contributed by atoms with Gasteiger partial charge in [0.2, 0.25) is 5.91 Å². The zero-order chi connectivity index (χ0) is 19.9. The van der Waals surface area contributed by atoms with Crippen LogP contribution in [0.25, 0.3) is 0 Å². The molecule has 2 aromatic carbocycles. The van der Waals surface area contributed by atoms with Crippen LogP contribution in [0.2, 0.25) is 0 Å². The first-order chi connectivity index (χ1) is 13.6. The highest BCUT2D eigenvalue weighted by atomic mass is 16.5. The number of hydrogen-bond donors (Lipinski definition) is 2. The largest absolute Gasteiger partial charge is 0.496 e. The van der Waals surface area contributed by atoms with E-state index in [1.54, 1.807) is 19.2 Å². The minimum Gasteiger partial charge on any atom is -0.496 e. The molecule has 2 N–H and O–H groups in total. The second kappa shape index (κ2) is 9.40. The number of rotatable bonds is 9. The molecule has 2 aromatic rings. The fraction of sp³-hybridized carbons (Fsp3) is 0.391. The molecule has 1 aliphatic carbocycles. The van der Waals surface area contributed by atoms with Crippen molar-refractivity contribution in [3.05, 3.63) is 65.2 Å². The van der Waals surface area contributed by atoms with Gasteiger partial charge in [-0.25, -0.2) is 0 Å². The maximum absolute atomic E-state index is 12.4. The number of aryl methyl sites for hydroxylation is 1. The molecule has 0 spiro atoms. The predicted molar refractivity (Wildman–Crippen MR) is 110 cm³/mol.